The molecular weight excluding hydrogens is 292 g/mol. The third-order valence-corrected chi connectivity index (χ3v) is 5.25. The second-order valence-electron chi connectivity index (χ2n) is 6.91. The van der Waals surface area contributed by atoms with Gasteiger partial charge in [0.15, 0.2) is 0 Å². The largest absolute Gasteiger partial charge is 0.361 e. The Labute approximate surface area is 138 Å². The van der Waals surface area contributed by atoms with Crippen LogP contribution in [0.3, 0.4) is 0 Å². The van der Waals surface area contributed by atoms with Crippen molar-refractivity contribution >= 4 is 5.91 Å². The molecule has 0 spiro atoms. The molecule has 2 saturated heterocycles. The van der Waals surface area contributed by atoms with Crippen LogP contribution in [0.1, 0.15) is 42.7 Å². The van der Waals surface area contributed by atoms with Gasteiger partial charge in [-0.05, 0) is 26.2 Å². The summed E-state index contributed by atoms with van der Waals surface area (Å²) in [6.07, 6.45) is 1.64. The van der Waals surface area contributed by atoms with Crippen LogP contribution in [0.5, 0.6) is 0 Å². The minimum Gasteiger partial charge on any atom is -0.361 e. The fourth-order valence-electron chi connectivity index (χ4n) is 4.00. The van der Waals surface area contributed by atoms with E-state index in [9.17, 15) is 4.79 Å². The van der Waals surface area contributed by atoms with E-state index in [4.69, 9.17) is 4.52 Å². The summed E-state index contributed by atoms with van der Waals surface area (Å²) in [4.78, 5) is 17.2. The van der Waals surface area contributed by atoms with Crippen molar-refractivity contribution in [1.29, 1.82) is 0 Å². The monoisotopic (exact) mass is 320 g/mol. The molecule has 1 amide bonds. The predicted molar refractivity (Wildman–Crippen MR) is 88.4 cm³/mol. The molecule has 0 saturated carbocycles. The minimum absolute atomic E-state index is 0.159. The Morgan fingerprint density at radius 3 is 2.74 bits per heavy atom. The summed E-state index contributed by atoms with van der Waals surface area (Å²) in [5.41, 5.74) is 2.00. The Kier molecular flexibility index (Phi) is 5.02. The van der Waals surface area contributed by atoms with Gasteiger partial charge in [0.05, 0.1) is 5.69 Å². The van der Waals surface area contributed by atoms with Crippen molar-refractivity contribution in [3.05, 3.63) is 17.0 Å². The molecule has 0 bridgehead atoms. The summed E-state index contributed by atoms with van der Waals surface area (Å²) in [6.45, 7) is 12.1. The number of carbonyl (C=O) groups is 1. The molecule has 1 aromatic rings. The van der Waals surface area contributed by atoms with Crippen LogP contribution >= 0.6 is 0 Å². The predicted octanol–water partition coefficient (Wildman–Crippen LogP) is 1.29. The molecular formula is C17H28N4O2. The molecule has 1 N–H and O–H groups in total. The Morgan fingerprint density at radius 1 is 1.35 bits per heavy atom. The Hall–Kier alpha value is -1.40. The van der Waals surface area contributed by atoms with Gasteiger partial charge in [0.25, 0.3) is 0 Å². The summed E-state index contributed by atoms with van der Waals surface area (Å²) in [5.74, 6) is 1.25. The second-order valence-corrected chi connectivity index (χ2v) is 6.91. The van der Waals surface area contributed by atoms with Crippen molar-refractivity contribution in [2.75, 3.05) is 39.3 Å². The lowest BCUT2D eigenvalue weighted by Crippen LogP contribution is -2.49. The molecule has 128 valence electrons. The summed E-state index contributed by atoms with van der Waals surface area (Å²) < 4.78 is 5.23. The molecule has 2 unspecified atom stereocenters. The first-order valence-corrected chi connectivity index (χ1v) is 8.71. The Morgan fingerprint density at radius 2 is 2.09 bits per heavy atom. The number of nitrogens with one attached hydrogen (secondary N) is 1. The molecule has 0 radical (unpaired) electrons. The molecule has 6 nitrogen and oxygen atoms in total. The van der Waals surface area contributed by atoms with Crippen molar-refractivity contribution in [1.82, 2.24) is 20.3 Å². The van der Waals surface area contributed by atoms with Gasteiger partial charge in [-0.3, -0.25) is 9.69 Å². The second kappa shape index (κ2) is 7.01. The number of aromatic nitrogens is 1. The van der Waals surface area contributed by atoms with Gasteiger partial charge in [0, 0.05) is 57.3 Å². The van der Waals surface area contributed by atoms with Crippen LogP contribution in [0.4, 0.5) is 0 Å². The quantitative estimate of drug-likeness (QED) is 0.906. The number of amides is 1. The van der Waals surface area contributed by atoms with Crippen LogP contribution in [0.25, 0.3) is 0 Å². The van der Waals surface area contributed by atoms with Crippen LogP contribution < -0.4 is 5.32 Å². The smallest absolute Gasteiger partial charge is 0.223 e. The van der Waals surface area contributed by atoms with Crippen LogP contribution in [0, 0.1) is 13.8 Å². The standard InChI is InChI=1S/C17H28N4O2/c1-12(17-13(2)19-23-14(17)3)10-16(22)21-7-4-15(11-21)20-8-5-18-6-9-20/h12,15,18H,4-11H2,1-3H3. The lowest BCUT2D eigenvalue weighted by molar-refractivity contribution is -0.130. The first kappa shape index (κ1) is 16.5. The third-order valence-electron chi connectivity index (χ3n) is 5.25. The molecule has 2 aliphatic rings. The van der Waals surface area contributed by atoms with E-state index in [1.165, 1.54) is 0 Å². The van der Waals surface area contributed by atoms with Crippen LogP contribution in [-0.2, 0) is 4.79 Å². The number of carbonyl (C=O) groups excluding carboxylic acids is 1. The highest BCUT2D eigenvalue weighted by Crippen LogP contribution is 2.27. The normalized spacial score (nSPS) is 24.1. The lowest BCUT2D eigenvalue weighted by atomic mass is 9.95. The van der Waals surface area contributed by atoms with E-state index in [1.54, 1.807) is 0 Å². The fourth-order valence-corrected chi connectivity index (χ4v) is 4.00. The molecule has 6 heteroatoms. The molecule has 2 aliphatic heterocycles. The molecule has 2 fully saturated rings. The van der Waals surface area contributed by atoms with Crippen molar-refractivity contribution in [3.8, 4) is 0 Å². The zero-order valence-corrected chi connectivity index (χ0v) is 14.5. The molecule has 1 aromatic heterocycles. The number of rotatable bonds is 4. The van der Waals surface area contributed by atoms with Gasteiger partial charge >= 0.3 is 0 Å². The molecule has 2 atom stereocenters. The number of hydrogen-bond donors (Lipinski definition) is 1. The maximum Gasteiger partial charge on any atom is 0.223 e. The average molecular weight is 320 g/mol. The van der Waals surface area contributed by atoms with Crippen LogP contribution in [-0.4, -0.2) is 66.2 Å². The van der Waals surface area contributed by atoms with E-state index in [1.807, 2.05) is 18.7 Å². The molecule has 0 aromatic carbocycles. The van der Waals surface area contributed by atoms with Gasteiger partial charge in [-0.2, -0.15) is 0 Å². The van der Waals surface area contributed by atoms with E-state index >= 15 is 0 Å². The highest BCUT2D eigenvalue weighted by atomic mass is 16.5. The molecule has 3 heterocycles. The summed E-state index contributed by atoms with van der Waals surface area (Å²) in [6, 6.07) is 0.537. The van der Waals surface area contributed by atoms with Gasteiger partial charge < -0.3 is 14.7 Å². The third kappa shape index (κ3) is 3.58. The lowest BCUT2D eigenvalue weighted by Gasteiger charge is -2.32. The van der Waals surface area contributed by atoms with Crippen LogP contribution in [0.2, 0.25) is 0 Å². The summed E-state index contributed by atoms with van der Waals surface area (Å²) >= 11 is 0. The topological polar surface area (TPSA) is 61.6 Å². The van der Waals surface area contributed by atoms with E-state index in [0.717, 1.165) is 62.7 Å². The fraction of sp³-hybridized carbons (Fsp3) is 0.765. The van der Waals surface area contributed by atoms with Crippen molar-refractivity contribution in [2.24, 2.45) is 0 Å². The van der Waals surface area contributed by atoms with E-state index in [0.29, 0.717) is 12.5 Å². The Balaban J connectivity index is 1.55. The zero-order valence-electron chi connectivity index (χ0n) is 14.5. The van der Waals surface area contributed by atoms with E-state index in [2.05, 4.69) is 22.3 Å². The SMILES string of the molecule is Cc1noc(C)c1C(C)CC(=O)N1CCC(N2CCNCC2)C1. The highest BCUT2D eigenvalue weighted by Gasteiger charge is 2.31. The zero-order chi connectivity index (χ0) is 16.4. The number of nitrogens with zero attached hydrogens (tertiary/aromatic N) is 3. The van der Waals surface area contributed by atoms with Gasteiger partial charge in [0.2, 0.25) is 5.91 Å². The maximum absolute atomic E-state index is 12.6. The number of aryl methyl sites for hydroxylation is 2. The highest BCUT2D eigenvalue weighted by molar-refractivity contribution is 5.77. The van der Waals surface area contributed by atoms with Crippen molar-refractivity contribution < 1.29 is 9.32 Å². The molecule has 23 heavy (non-hydrogen) atoms. The average Bonchev–Trinajstić information content (AvgIpc) is 3.15. The molecule has 0 aliphatic carbocycles. The number of likely N-dealkylation sites (tertiary alicyclic amines) is 1. The van der Waals surface area contributed by atoms with Gasteiger partial charge in [-0.15, -0.1) is 0 Å². The number of hydrogen-bond acceptors (Lipinski definition) is 5. The van der Waals surface area contributed by atoms with E-state index in [-0.39, 0.29) is 11.8 Å². The van der Waals surface area contributed by atoms with Crippen LogP contribution in [0.15, 0.2) is 4.52 Å². The summed E-state index contributed by atoms with van der Waals surface area (Å²) in [7, 11) is 0. The first-order valence-electron chi connectivity index (χ1n) is 8.71. The molecule has 3 rings (SSSR count). The first-order chi connectivity index (χ1) is 11.1. The van der Waals surface area contributed by atoms with Crippen molar-refractivity contribution in [3.63, 3.8) is 0 Å². The van der Waals surface area contributed by atoms with Gasteiger partial charge in [-0.25, -0.2) is 0 Å². The van der Waals surface area contributed by atoms with E-state index < -0.39 is 0 Å². The maximum atomic E-state index is 12.6. The van der Waals surface area contributed by atoms with Crippen molar-refractivity contribution in [2.45, 2.75) is 45.6 Å². The number of piperazine rings is 1. The minimum atomic E-state index is 0.159. The Bertz CT molecular complexity index is 531. The summed E-state index contributed by atoms with van der Waals surface area (Å²) in [5, 5.41) is 7.39. The van der Waals surface area contributed by atoms with Gasteiger partial charge in [-0.1, -0.05) is 12.1 Å². The van der Waals surface area contributed by atoms with Gasteiger partial charge in [0.1, 0.15) is 5.76 Å².